The fourth-order valence-corrected chi connectivity index (χ4v) is 5.24. The molecule has 0 spiro atoms. The van der Waals surface area contributed by atoms with Crippen LogP contribution in [0.15, 0.2) is 78.5 Å². The average Bonchev–Trinajstić information content (AvgIpc) is 2.87. The van der Waals surface area contributed by atoms with Crippen molar-refractivity contribution in [2.75, 3.05) is 27.2 Å². The molecule has 2 unspecified atom stereocenters. The van der Waals surface area contributed by atoms with E-state index in [4.69, 9.17) is 4.74 Å². The van der Waals surface area contributed by atoms with E-state index in [1.54, 1.807) is 19.4 Å². The van der Waals surface area contributed by atoms with E-state index in [0.717, 1.165) is 16.8 Å². The second-order valence-corrected chi connectivity index (χ2v) is 9.13. The van der Waals surface area contributed by atoms with Crippen LogP contribution < -0.4 is 4.74 Å². The maximum atomic E-state index is 14.8. The van der Waals surface area contributed by atoms with E-state index >= 15 is 0 Å². The van der Waals surface area contributed by atoms with Crippen molar-refractivity contribution in [3.63, 3.8) is 0 Å². The van der Waals surface area contributed by atoms with Crippen molar-refractivity contribution in [3.8, 4) is 5.75 Å². The Morgan fingerprint density at radius 2 is 1.86 bits per heavy atom. The van der Waals surface area contributed by atoms with E-state index in [1.165, 1.54) is 6.07 Å². The van der Waals surface area contributed by atoms with Gasteiger partial charge in [0.15, 0.2) is 0 Å². The first-order chi connectivity index (χ1) is 16.9. The molecule has 4 rings (SSSR count). The van der Waals surface area contributed by atoms with Gasteiger partial charge in [-0.2, -0.15) is 5.01 Å². The lowest BCUT2D eigenvalue weighted by molar-refractivity contribution is -1.02. The predicted molar refractivity (Wildman–Crippen MR) is 136 cm³/mol. The van der Waals surface area contributed by atoms with E-state index in [9.17, 15) is 9.18 Å². The van der Waals surface area contributed by atoms with E-state index < -0.39 is 0 Å². The molecule has 0 saturated carbocycles. The largest absolute Gasteiger partial charge is 0.497 e. The van der Waals surface area contributed by atoms with Crippen molar-refractivity contribution in [2.24, 2.45) is 0 Å². The molecule has 1 aliphatic heterocycles. The fraction of sp³-hybridized carbons (Fsp3) is 0.310. The summed E-state index contributed by atoms with van der Waals surface area (Å²) >= 11 is 0. The number of nitrogens with zero attached hydrogens (tertiary/aromatic N) is 3. The van der Waals surface area contributed by atoms with Crippen LogP contribution in [0.1, 0.15) is 30.7 Å². The number of rotatable bonds is 8. The monoisotopic (exact) mass is 474 g/mol. The minimum atomic E-state index is -0.223. The lowest BCUT2D eigenvalue weighted by atomic mass is 9.87. The Morgan fingerprint density at radius 3 is 2.54 bits per heavy atom. The summed E-state index contributed by atoms with van der Waals surface area (Å²) in [5, 5.41) is 1.91. The van der Waals surface area contributed by atoms with Crippen LogP contribution in [0.25, 0.3) is 5.57 Å². The molecule has 3 aromatic rings. The standard InChI is InChI=1S/C29H33FN3O2/c1-5-32-29(34)28(23-12-10-14-25(19-23)35-4)21(2)27(20-22-11-6-7-15-26(22)30)33(32,3)18-16-24-13-8-9-17-31-24/h6-15,17,19,27H,5,16,18,20H2,1-4H3/q+1. The highest BCUT2D eigenvalue weighted by molar-refractivity contribution is 6.20. The number of carbonyl (C=O) groups excluding carboxylic acids is 1. The Labute approximate surface area is 207 Å². The zero-order valence-electron chi connectivity index (χ0n) is 20.9. The molecule has 2 heterocycles. The third-order valence-corrected chi connectivity index (χ3v) is 7.14. The number of amides is 1. The third kappa shape index (κ3) is 4.84. The normalized spacial score (nSPS) is 20.3. The number of hydrogen-bond donors (Lipinski definition) is 0. The van der Waals surface area contributed by atoms with Gasteiger partial charge in [0.25, 0.3) is 5.91 Å². The van der Waals surface area contributed by atoms with Crippen LogP contribution in [-0.2, 0) is 17.6 Å². The Balaban J connectivity index is 1.84. The van der Waals surface area contributed by atoms with E-state index in [2.05, 4.69) is 12.0 Å². The second-order valence-electron chi connectivity index (χ2n) is 9.13. The summed E-state index contributed by atoms with van der Waals surface area (Å²) in [6.07, 6.45) is 2.97. The van der Waals surface area contributed by atoms with Gasteiger partial charge in [-0.15, -0.1) is 0 Å². The minimum absolute atomic E-state index is 0.0217. The zero-order chi connectivity index (χ0) is 25.0. The summed E-state index contributed by atoms with van der Waals surface area (Å²) in [5.74, 6) is 0.452. The highest BCUT2D eigenvalue weighted by Crippen LogP contribution is 2.38. The smallest absolute Gasteiger partial charge is 0.299 e. The van der Waals surface area contributed by atoms with Gasteiger partial charge in [0.2, 0.25) is 0 Å². The molecule has 1 aromatic heterocycles. The first kappa shape index (κ1) is 24.6. The lowest BCUT2D eigenvalue weighted by Gasteiger charge is -2.51. The van der Waals surface area contributed by atoms with Gasteiger partial charge in [-0.3, -0.25) is 9.78 Å². The van der Waals surface area contributed by atoms with Crippen molar-refractivity contribution in [2.45, 2.75) is 32.7 Å². The van der Waals surface area contributed by atoms with Crippen molar-refractivity contribution in [1.82, 2.24) is 9.99 Å². The predicted octanol–water partition coefficient (Wildman–Crippen LogP) is 5.08. The van der Waals surface area contributed by atoms with Gasteiger partial charge >= 0.3 is 0 Å². The molecule has 1 amide bonds. The number of quaternary nitrogens is 1. The first-order valence-electron chi connectivity index (χ1n) is 12.0. The number of benzene rings is 2. The summed E-state index contributed by atoms with van der Waals surface area (Å²) in [6, 6.07) is 20.3. The van der Waals surface area contributed by atoms with Crippen LogP contribution in [0.2, 0.25) is 0 Å². The third-order valence-electron chi connectivity index (χ3n) is 7.14. The summed E-state index contributed by atoms with van der Waals surface area (Å²) in [6.45, 7) is 5.21. The number of ether oxygens (including phenoxy) is 1. The van der Waals surface area contributed by atoms with Gasteiger partial charge < -0.3 is 4.74 Å². The first-order valence-corrected chi connectivity index (χ1v) is 12.0. The summed E-state index contributed by atoms with van der Waals surface area (Å²) in [4.78, 5) is 18.5. The SMILES string of the molecule is CCN1C(=O)C(c2cccc(OC)c2)=C(C)C(Cc2ccccc2F)[N+]1(C)CCc1ccccn1. The number of halogens is 1. The maximum absolute atomic E-state index is 14.8. The van der Waals surface area contributed by atoms with Crippen LogP contribution >= 0.6 is 0 Å². The minimum Gasteiger partial charge on any atom is -0.497 e. The molecule has 35 heavy (non-hydrogen) atoms. The molecule has 1 aliphatic rings. The van der Waals surface area contributed by atoms with Crippen molar-refractivity contribution < 1.29 is 18.5 Å². The fourth-order valence-electron chi connectivity index (χ4n) is 5.24. The average molecular weight is 475 g/mol. The Hall–Kier alpha value is -3.51. The number of likely N-dealkylation sites (N-methyl/N-ethyl adjacent to an activating group) is 2. The van der Waals surface area contributed by atoms with Crippen molar-refractivity contribution in [3.05, 3.63) is 101 Å². The lowest BCUT2D eigenvalue weighted by Crippen LogP contribution is -2.68. The van der Waals surface area contributed by atoms with Gasteiger partial charge in [-0.25, -0.2) is 8.98 Å². The van der Waals surface area contributed by atoms with Gasteiger partial charge in [0, 0.05) is 30.3 Å². The van der Waals surface area contributed by atoms with Gasteiger partial charge in [-0.1, -0.05) is 36.4 Å². The molecule has 0 radical (unpaired) electrons. The Morgan fingerprint density at radius 1 is 1.09 bits per heavy atom. The molecule has 5 nitrogen and oxygen atoms in total. The topological polar surface area (TPSA) is 42.4 Å². The van der Waals surface area contributed by atoms with E-state index in [0.29, 0.717) is 47.4 Å². The van der Waals surface area contributed by atoms with Gasteiger partial charge in [0.05, 0.1) is 26.3 Å². The number of carbonyl (C=O) groups is 1. The van der Waals surface area contributed by atoms with Crippen molar-refractivity contribution >= 4 is 11.5 Å². The molecule has 2 atom stereocenters. The molecular weight excluding hydrogens is 441 g/mol. The number of methoxy groups -OCH3 is 1. The Kier molecular flexibility index (Phi) is 7.31. The van der Waals surface area contributed by atoms with Crippen LogP contribution in [0.3, 0.4) is 0 Å². The number of hydrogen-bond acceptors (Lipinski definition) is 3. The number of aromatic nitrogens is 1. The Bertz CT molecular complexity index is 1230. The second kappa shape index (κ2) is 10.4. The molecule has 0 aliphatic carbocycles. The van der Waals surface area contributed by atoms with Crippen molar-refractivity contribution in [1.29, 1.82) is 0 Å². The molecular formula is C29H33FN3O2+. The number of pyridine rings is 1. The quantitative estimate of drug-likeness (QED) is 0.428. The van der Waals surface area contributed by atoms with E-state index in [1.807, 2.05) is 73.5 Å². The molecule has 0 N–H and O–H groups in total. The summed E-state index contributed by atoms with van der Waals surface area (Å²) in [7, 11) is 3.70. The molecule has 0 bridgehead atoms. The summed E-state index contributed by atoms with van der Waals surface area (Å²) in [5.41, 5.74) is 4.06. The van der Waals surface area contributed by atoms with Crippen LogP contribution in [0.5, 0.6) is 5.75 Å². The molecule has 2 aromatic carbocycles. The molecule has 182 valence electrons. The maximum Gasteiger partial charge on any atom is 0.299 e. The van der Waals surface area contributed by atoms with Gasteiger partial charge in [0.1, 0.15) is 24.2 Å². The van der Waals surface area contributed by atoms with Gasteiger partial charge in [-0.05, 0) is 55.3 Å². The summed E-state index contributed by atoms with van der Waals surface area (Å²) < 4.78 is 20.6. The van der Waals surface area contributed by atoms with Crippen LogP contribution in [0.4, 0.5) is 4.39 Å². The highest BCUT2D eigenvalue weighted by Gasteiger charge is 2.49. The van der Waals surface area contributed by atoms with Crippen LogP contribution in [0, 0.1) is 5.82 Å². The zero-order valence-corrected chi connectivity index (χ0v) is 20.9. The highest BCUT2D eigenvalue weighted by atomic mass is 19.1. The van der Waals surface area contributed by atoms with E-state index in [-0.39, 0.29) is 17.8 Å². The molecule has 6 heteroatoms. The molecule has 0 saturated heterocycles. The van der Waals surface area contributed by atoms with Crippen LogP contribution in [-0.4, -0.2) is 53.8 Å². The molecule has 0 fully saturated rings.